The molecule has 10 nitrogen and oxygen atoms in total. The second-order valence-corrected chi connectivity index (χ2v) is 11.0. The van der Waals surface area contributed by atoms with Crippen LogP contribution in [0.1, 0.15) is 49.3 Å². The predicted octanol–water partition coefficient (Wildman–Crippen LogP) is 2.79. The van der Waals surface area contributed by atoms with Gasteiger partial charge in [-0.3, -0.25) is 14.2 Å². The zero-order valence-corrected chi connectivity index (χ0v) is 24.4. The molecule has 0 radical (unpaired) electrons. The van der Waals surface area contributed by atoms with Gasteiger partial charge in [0, 0.05) is 52.5 Å². The molecule has 0 bridgehead atoms. The third kappa shape index (κ3) is 7.21. The lowest BCUT2D eigenvalue weighted by Crippen LogP contribution is -2.56. The summed E-state index contributed by atoms with van der Waals surface area (Å²) < 4.78 is 18.4. The van der Waals surface area contributed by atoms with E-state index in [0.717, 1.165) is 24.2 Å². The number of nitrogens with one attached hydrogen (secondary N) is 1. The molecule has 2 aromatic rings. The van der Waals surface area contributed by atoms with Crippen LogP contribution < -0.4 is 10.1 Å². The Morgan fingerprint density at radius 1 is 1.12 bits per heavy atom. The van der Waals surface area contributed by atoms with Crippen molar-refractivity contribution in [1.82, 2.24) is 24.7 Å². The molecule has 2 amide bonds. The lowest BCUT2D eigenvalue weighted by atomic mass is 9.92. The van der Waals surface area contributed by atoms with E-state index in [9.17, 15) is 9.59 Å². The molecule has 2 aliphatic rings. The molecule has 2 fully saturated rings. The largest absolute Gasteiger partial charge is 0.468 e. The van der Waals surface area contributed by atoms with E-state index >= 15 is 0 Å². The molecule has 40 heavy (non-hydrogen) atoms. The predicted molar refractivity (Wildman–Crippen MR) is 153 cm³/mol. The van der Waals surface area contributed by atoms with Gasteiger partial charge in [0.15, 0.2) is 5.69 Å². The van der Waals surface area contributed by atoms with Crippen molar-refractivity contribution in [3.05, 3.63) is 41.7 Å². The van der Waals surface area contributed by atoms with Crippen LogP contribution in [0.4, 0.5) is 0 Å². The van der Waals surface area contributed by atoms with Gasteiger partial charge in [0.25, 0.3) is 5.91 Å². The van der Waals surface area contributed by atoms with Gasteiger partial charge >= 0.3 is 6.01 Å². The molecule has 0 aliphatic carbocycles. The third-order valence-corrected chi connectivity index (χ3v) is 7.62. The maximum atomic E-state index is 14.4. The Kier molecular flexibility index (Phi) is 11.0. The number of aromatic nitrogens is 2. The number of carbonyl (C=O) groups is 2. The molecule has 1 aromatic carbocycles. The van der Waals surface area contributed by atoms with Crippen LogP contribution in [-0.4, -0.2) is 104 Å². The van der Waals surface area contributed by atoms with Crippen LogP contribution in [0, 0.1) is 11.8 Å². The van der Waals surface area contributed by atoms with Crippen molar-refractivity contribution in [1.29, 1.82) is 0 Å². The number of imidazole rings is 1. The fourth-order valence-electron chi connectivity index (χ4n) is 5.67. The van der Waals surface area contributed by atoms with Gasteiger partial charge in [0.1, 0.15) is 0 Å². The highest BCUT2D eigenvalue weighted by Crippen LogP contribution is 2.28. The molecule has 2 atom stereocenters. The first-order valence-electron chi connectivity index (χ1n) is 14.5. The van der Waals surface area contributed by atoms with Crippen molar-refractivity contribution >= 4 is 11.8 Å². The number of hydrogen-bond donors (Lipinski definition) is 1. The molecule has 4 rings (SSSR count). The van der Waals surface area contributed by atoms with Gasteiger partial charge in [-0.2, -0.15) is 4.98 Å². The van der Waals surface area contributed by atoms with E-state index in [1.807, 2.05) is 44.7 Å². The average Bonchev–Trinajstić information content (AvgIpc) is 3.36. The van der Waals surface area contributed by atoms with Crippen molar-refractivity contribution in [2.24, 2.45) is 11.8 Å². The summed E-state index contributed by atoms with van der Waals surface area (Å²) in [6.45, 7) is 9.12. The molecule has 2 aliphatic heterocycles. The Balaban J connectivity index is 1.65. The van der Waals surface area contributed by atoms with Crippen LogP contribution in [0.5, 0.6) is 6.01 Å². The number of morpholine rings is 1. The summed E-state index contributed by atoms with van der Waals surface area (Å²) in [5.74, 6) is 0.104. The molecule has 1 N–H and O–H groups in total. The first-order valence-corrected chi connectivity index (χ1v) is 14.5. The number of hydrogen-bond acceptors (Lipinski definition) is 7. The van der Waals surface area contributed by atoms with Crippen LogP contribution in [-0.2, 0) is 20.7 Å². The van der Waals surface area contributed by atoms with E-state index in [-0.39, 0.29) is 29.7 Å². The molecule has 10 heteroatoms. The second kappa shape index (κ2) is 14.6. The van der Waals surface area contributed by atoms with Crippen molar-refractivity contribution in [2.45, 2.75) is 45.6 Å². The second-order valence-electron chi connectivity index (χ2n) is 11.0. The van der Waals surface area contributed by atoms with Crippen molar-refractivity contribution in [2.75, 3.05) is 66.8 Å². The van der Waals surface area contributed by atoms with Gasteiger partial charge in [-0.1, -0.05) is 32.0 Å². The summed E-state index contributed by atoms with van der Waals surface area (Å²) in [6.07, 6.45) is 3.01. The third-order valence-electron chi connectivity index (χ3n) is 7.62. The van der Waals surface area contributed by atoms with Crippen molar-refractivity contribution in [3.8, 4) is 11.7 Å². The highest BCUT2D eigenvalue weighted by atomic mass is 16.5. The summed E-state index contributed by atoms with van der Waals surface area (Å²) in [5, 5.41) is 3.44. The standard InChI is InChI=1S/C30H45N5O5/c1-22(2)21-34(25-18-23(19-31-20-25)28(36)33-13-16-40-17-14-33)29(37)27-26(12-8-9-15-38-3)35(30(32-27)39-4)24-10-6-5-7-11-24/h5-7,10-11,22-23,25,31H,8-9,12-21H2,1-4H3/t23-,25+/m1/s1. The molecule has 1 aromatic heterocycles. The van der Waals surface area contributed by atoms with E-state index < -0.39 is 0 Å². The monoisotopic (exact) mass is 555 g/mol. The Bertz CT molecular complexity index is 1100. The first kappa shape index (κ1) is 30.0. The first-order chi connectivity index (χ1) is 19.4. The highest BCUT2D eigenvalue weighted by molar-refractivity contribution is 5.94. The van der Waals surface area contributed by atoms with E-state index in [1.165, 1.54) is 0 Å². The molecule has 0 spiro atoms. The Morgan fingerprint density at radius 3 is 2.55 bits per heavy atom. The van der Waals surface area contributed by atoms with Crippen molar-refractivity contribution < 1.29 is 23.8 Å². The number of ether oxygens (including phenoxy) is 3. The summed E-state index contributed by atoms with van der Waals surface area (Å²) in [6, 6.07) is 10.2. The number of methoxy groups -OCH3 is 2. The van der Waals surface area contributed by atoms with Crippen LogP contribution >= 0.6 is 0 Å². The average molecular weight is 556 g/mol. The number of piperidine rings is 1. The number of benzene rings is 1. The van der Waals surface area contributed by atoms with Gasteiger partial charge in [-0.25, -0.2) is 0 Å². The summed E-state index contributed by atoms with van der Waals surface area (Å²) in [5.41, 5.74) is 2.15. The van der Waals surface area contributed by atoms with Gasteiger partial charge < -0.3 is 29.3 Å². The van der Waals surface area contributed by atoms with Crippen LogP contribution in [0.3, 0.4) is 0 Å². The molecule has 2 saturated heterocycles. The zero-order valence-electron chi connectivity index (χ0n) is 24.4. The summed E-state index contributed by atoms with van der Waals surface area (Å²) in [7, 11) is 3.29. The van der Waals surface area contributed by atoms with Gasteiger partial charge in [-0.05, 0) is 43.7 Å². The number of rotatable bonds is 12. The van der Waals surface area contributed by atoms with Crippen LogP contribution in [0.2, 0.25) is 0 Å². The number of unbranched alkanes of at least 4 members (excludes halogenated alkanes) is 1. The van der Waals surface area contributed by atoms with E-state index in [4.69, 9.17) is 19.2 Å². The van der Waals surface area contributed by atoms with Gasteiger partial charge in [-0.15, -0.1) is 0 Å². The summed E-state index contributed by atoms with van der Waals surface area (Å²) in [4.78, 5) is 36.3. The Labute approximate surface area is 238 Å². The summed E-state index contributed by atoms with van der Waals surface area (Å²) >= 11 is 0. The maximum Gasteiger partial charge on any atom is 0.301 e. The van der Waals surface area contributed by atoms with Crippen LogP contribution in [0.15, 0.2) is 30.3 Å². The topological polar surface area (TPSA) is 98.2 Å². The molecule has 220 valence electrons. The number of amides is 2. The highest BCUT2D eigenvalue weighted by Gasteiger charge is 2.37. The number of carbonyl (C=O) groups excluding carboxylic acids is 2. The minimum Gasteiger partial charge on any atom is -0.468 e. The number of para-hydroxylation sites is 1. The Morgan fingerprint density at radius 2 is 1.88 bits per heavy atom. The fourth-order valence-corrected chi connectivity index (χ4v) is 5.67. The lowest BCUT2D eigenvalue weighted by molar-refractivity contribution is -0.140. The van der Waals surface area contributed by atoms with E-state index in [2.05, 4.69) is 19.2 Å². The van der Waals surface area contributed by atoms with Crippen molar-refractivity contribution in [3.63, 3.8) is 0 Å². The van der Waals surface area contributed by atoms with E-state index in [1.54, 1.807) is 14.2 Å². The quantitative estimate of drug-likeness (QED) is 0.402. The van der Waals surface area contributed by atoms with Gasteiger partial charge in [0.05, 0.1) is 37.6 Å². The molecular weight excluding hydrogens is 510 g/mol. The lowest BCUT2D eigenvalue weighted by Gasteiger charge is -2.40. The van der Waals surface area contributed by atoms with Crippen LogP contribution in [0.25, 0.3) is 5.69 Å². The zero-order chi connectivity index (χ0) is 28.5. The normalized spacial score (nSPS) is 19.6. The van der Waals surface area contributed by atoms with E-state index in [0.29, 0.717) is 77.1 Å². The molecule has 3 heterocycles. The van der Waals surface area contributed by atoms with Gasteiger partial charge in [0.2, 0.25) is 5.91 Å². The fraction of sp³-hybridized carbons (Fsp3) is 0.633. The SMILES string of the molecule is COCCCCc1c(C(=O)N(CC(C)C)[C@@H]2CNC[C@H](C(=O)N3CCOCC3)C2)nc(OC)n1-c1ccccc1. The molecule has 0 unspecified atom stereocenters. The minimum atomic E-state index is -0.177. The Hall–Kier alpha value is -2.95. The molecule has 0 saturated carbocycles. The molecular formula is C30H45N5O5. The smallest absolute Gasteiger partial charge is 0.301 e. The maximum absolute atomic E-state index is 14.4. The minimum absolute atomic E-state index is 0.116. The number of nitrogens with zero attached hydrogens (tertiary/aromatic N) is 4.